The number of ether oxygens (including phenoxy) is 3. The first-order valence-electron chi connectivity index (χ1n) is 19.3. The fourth-order valence-corrected chi connectivity index (χ4v) is 7.89. The number of fused-ring (bicyclic) bond motifs is 2. The van der Waals surface area contributed by atoms with Gasteiger partial charge < -0.3 is 24.4 Å². The van der Waals surface area contributed by atoms with Crippen molar-refractivity contribution >= 4 is 17.6 Å². The monoisotopic (exact) mass is 773 g/mol. The van der Waals surface area contributed by atoms with Crippen LogP contribution in [-0.4, -0.2) is 52.4 Å². The quantitative estimate of drug-likeness (QED) is 0.123. The van der Waals surface area contributed by atoms with Gasteiger partial charge in [0.25, 0.3) is 0 Å². The minimum Gasteiger partial charge on any atom is -0.496 e. The summed E-state index contributed by atoms with van der Waals surface area (Å²) in [5.74, 6) is 1.38. The normalized spacial score (nSPS) is 15.2. The first kappa shape index (κ1) is 39.3. The summed E-state index contributed by atoms with van der Waals surface area (Å²) >= 11 is 0. The summed E-state index contributed by atoms with van der Waals surface area (Å²) in [6, 6.07) is 31.1. The molecular weight excluding hydrogens is 731 g/mol. The molecular formula is C48H43N3O7. The lowest BCUT2D eigenvalue weighted by Gasteiger charge is -2.27. The van der Waals surface area contributed by atoms with Crippen LogP contribution in [0.3, 0.4) is 0 Å². The maximum Gasteiger partial charge on any atom is 0.336 e. The summed E-state index contributed by atoms with van der Waals surface area (Å²) in [6.45, 7) is 8.67. The number of carbonyl (C=O) groups is 2. The van der Waals surface area contributed by atoms with Gasteiger partial charge in [-0.25, -0.2) is 14.4 Å². The van der Waals surface area contributed by atoms with Crippen molar-refractivity contribution in [2.45, 2.75) is 50.4 Å². The maximum absolute atomic E-state index is 11.4. The van der Waals surface area contributed by atoms with Gasteiger partial charge in [-0.3, -0.25) is 9.97 Å². The highest BCUT2D eigenvalue weighted by Crippen LogP contribution is 2.42. The molecule has 58 heavy (non-hydrogen) atoms. The first-order chi connectivity index (χ1) is 28.3. The topological polar surface area (TPSA) is 132 Å². The van der Waals surface area contributed by atoms with Gasteiger partial charge in [0.2, 0.25) is 0 Å². The molecule has 2 aromatic heterocycles. The maximum atomic E-state index is 11.4. The van der Waals surface area contributed by atoms with Crippen LogP contribution in [0.15, 0.2) is 122 Å². The third-order valence-corrected chi connectivity index (χ3v) is 10.9. The summed E-state index contributed by atoms with van der Waals surface area (Å²) in [4.78, 5) is 34.7. The molecule has 6 aromatic rings. The number of aromatic carboxylic acids is 2. The zero-order valence-corrected chi connectivity index (χ0v) is 32.1. The van der Waals surface area contributed by atoms with Gasteiger partial charge in [0.05, 0.1) is 38.0 Å². The second-order valence-corrected chi connectivity index (χ2v) is 14.3. The van der Waals surface area contributed by atoms with Gasteiger partial charge in [-0.2, -0.15) is 0 Å². The highest BCUT2D eigenvalue weighted by Gasteiger charge is 2.25. The Kier molecular flexibility index (Phi) is 12.4. The predicted molar refractivity (Wildman–Crippen MR) is 221 cm³/mol. The number of pyridine rings is 2. The largest absolute Gasteiger partial charge is 0.496 e. The smallest absolute Gasteiger partial charge is 0.336 e. The van der Waals surface area contributed by atoms with Crippen LogP contribution in [-0.2, 0) is 12.8 Å². The molecule has 0 amide bonds. The zero-order chi connectivity index (χ0) is 40.4. The number of para-hydroxylation sites is 2. The van der Waals surface area contributed by atoms with Crippen LogP contribution in [0, 0.1) is 6.57 Å². The molecule has 8 rings (SSSR count). The second kappa shape index (κ2) is 18.3. The summed E-state index contributed by atoms with van der Waals surface area (Å²) in [6.07, 6.45) is 11.2. The molecule has 10 heteroatoms. The van der Waals surface area contributed by atoms with E-state index in [9.17, 15) is 19.8 Å². The average molecular weight is 774 g/mol. The Morgan fingerprint density at radius 3 is 1.72 bits per heavy atom. The summed E-state index contributed by atoms with van der Waals surface area (Å²) < 4.78 is 17.4. The van der Waals surface area contributed by atoms with E-state index < -0.39 is 11.9 Å². The highest BCUT2D eigenvalue weighted by atomic mass is 16.5. The van der Waals surface area contributed by atoms with Gasteiger partial charge in [-0.15, -0.1) is 0 Å². The van der Waals surface area contributed by atoms with E-state index >= 15 is 0 Å². The van der Waals surface area contributed by atoms with E-state index in [1.54, 1.807) is 31.6 Å². The number of hydrogen-bond donors (Lipinski definition) is 2. The molecule has 0 bridgehead atoms. The molecule has 10 nitrogen and oxygen atoms in total. The Bertz CT molecular complexity index is 2480. The molecule has 2 N–H and O–H groups in total. The van der Waals surface area contributed by atoms with E-state index in [-0.39, 0.29) is 0 Å². The van der Waals surface area contributed by atoms with Crippen LogP contribution in [0.1, 0.15) is 80.5 Å². The number of rotatable bonds is 11. The fraction of sp³-hybridized carbons (Fsp3) is 0.229. The molecule has 0 fully saturated rings. The van der Waals surface area contributed by atoms with Crippen molar-refractivity contribution in [2.75, 3.05) is 20.3 Å². The zero-order valence-electron chi connectivity index (χ0n) is 32.1. The van der Waals surface area contributed by atoms with Crippen molar-refractivity contribution in [3.63, 3.8) is 0 Å². The Morgan fingerprint density at radius 2 is 1.21 bits per heavy atom. The molecule has 0 aliphatic carbocycles. The summed E-state index contributed by atoms with van der Waals surface area (Å²) in [5.41, 5.74) is 9.09. The summed E-state index contributed by atoms with van der Waals surface area (Å²) in [7, 11) is 1.67. The van der Waals surface area contributed by atoms with Crippen LogP contribution >= 0.6 is 0 Å². The molecule has 4 aromatic carbocycles. The molecule has 2 aliphatic heterocycles. The van der Waals surface area contributed by atoms with E-state index in [2.05, 4.69) is 39.1 Å². The Balaban J connectivity index is 0.000000177. The van der Waals surface area contributed by atoms with Gasteiger partial charge in [0.15, 0.2) is 5.69 Å². The lowest BCUT2D eigenvalue weighted by molar-refractivity contribution is 0.0684. The number of aromatic nitrogens is 2. The van der Waals surface area contributed by atoms with Gasteiger partial charge in [0.1, 0.15) is 17.2 Å². The van der Waals surface area contributed by atoms with Crippen molar-refractivity contribution in [3.8, 4) is 39.5 Å². The minimum absolute atomic E-state index is 0.297. The van der Waals surface area contributed by atoms with Crippen LogP contribution in [0.5, 0.6) is 17.2 Å². The SMILES string of the molecule is COc1ccccc1-c1ccc2c(c1)OCCC2CCc1cnccc1C(=O)O.[C-]#[N+]c1ccccc1-c1ccc2c(c1)OCCC2CCc1cnccc1C(=O)O. The molecule has 292 valence electrons. The molecule has 2 unspecified atom stereocenters. The van der Waals surface area contributed by atoms with Gasteiger partial charge in [0, 0.05) is 30.4 Å². The third-order valence-electron chi connectivity index (χ3n) is 10.9. The van der Waals surface area contributed by atoms with E-state index in [1.165, 1.54) is 18.0 Å². The number of aryl methyl sites for hydroxylation is 2. The Morgan fingerprint density at radius 1 is 0.707 bits per heavy atom. The minimum atomic E-state index is -0.919. The van der Waals surface area contributed by atoms with Gasteiger partial charge in [-0.1, -0.05) is 66.7 Å². The standard InChI is InChI=1S/C24H20N2O3.C24H23NO4/c1-25-22-5-3-2-4-19(22)17-8-9-20-16(11-13-29-23(20)14-17)6-7-18-15-26-12-10-21(18)24(27)28;1-28-22-5-3-2-4-19(22)17-8-9-20-16(11-13-29-23(20)14-17)6-7-18-15-25-12-10-21(18)24(26)27/h2-5,8-10,12,14-16H,6-7,11,13H2,(H,27,28);2-5,8-10,12,14-16H,6-7,11,13H2,1H3,(H,26,27). The van der Waals surface area contributed by atoms with Gasteiger partial charge >= 0.3 is 11.9 Å². The van der Waals surface area contributed by atoms with E-state index in [0.717, 1.165) is 81.9 Å². The first-order valence-corrected chi connectivity index (χ1v) is 19.3. The van der Waals surface area contributed by atoms with Crippen molar-refractivity contribution in [2.24, 2.45) is 0 Å². The summed E-state index contributed by atoms with van der Waals surface area (Å²) in [5, 5.41) is 18.8. The van der Waals surface area contributed by atoms with Crippen LogP contribution in [0.2, 0.25) is 0 Å². The molecule has 0 spiro atoms. The molecule has 2 aliphatic rings. The number of hydrogen-bond acceptors (Lipinski definition) is 7. The number of carboxylic acids is 2. The van der Waals surface area contributed by atoms with Crippen molar-refractivity contribution in [1.82, 2.24) is 9.97 Å². The Labute approximate surface area is 337 Å². The lowest BCUT2D eigenvalue weighted by Crippen LogP contribution is -2.15. The number of benzene rings is 4. The second-order valence-electron chi connectivity index (χ2n) is 14.3. The van der Waals surface area contributed by atoms with Crippen molar-refractivity contribution in [1.29, 1.82) is 0 Å². The molecule has 4 heterocycles. The van der Waals surface area contributed by atoms with Crippen molar-refractivity contribution < 1.29 is 34.0 Å². The van der Waals surface area contributed by atoms with Gasteiger partial charge in [-0.05, 0) is 120 Å². The third kappa shape index (κ3) is 8.85. The molecule has 0 radical (unpaired) electrons. The molecule has 2 atom stereocenters. The van der Waals surface area contributed by atoms with Crippen LogP contribution in [0.4, 0.5) is 5.69 Å². The lowest BCUT2D eigenvalue weighted by atomic mass is 9.86. The molecule has 0 saturated heterocycles. The van der Waals surface area contributed by atoms with Crippen LogP contribution < -0.4 is 14.2 Å². The van der Waals surface area contributed by atoms with E-state index in [1.807, 2.05) is 60.7 Å². The fourth-order valence-electron chi connectivity index (χ4n) is 7.89. The Hall–Kier alpha value is -6.99. The molecule has 0 saturated carbocycles. The van der Waals surface area contributed by atoms with E-state index in [0.29, 0.717) is 54.7 Å². The average Bonchev–Trinajstić information content (AvgIpc) is 3.27. The predicted octanol–water partition coefficient (Wildman–Crippen LogP) is 10.5. The number of carboxylic acid groups (broad SMARTS) is 2. The van der Waals surface area contributed by atoms with E-state index in [4.69, 9.17) is 20.8 Å². The van der Waals surface area contributed by atoms with Crippen molar-refractivity contribution in [3.05, 3.63) is 167 Å². The highest BCUT2D eigenvalue weighted by molar-refractivity contribution is 5.89. The number of nitrogens with zero attached hydrogens (tertiary/aromatic N) is 3. The van der Waals surface area contributed by atoms with Crippen LogP contribution in [0.25, 0.3) is 27.1 Å². The number of methoxy groups -OCH3 is 1.